The molecular weight excluding hydrogens is 571 g/mol. The fourth-order valence-corrected chi connectivity index (χ4v) is 4.70. The topological polar surface area (TPSA) is 101 Å². The van der Waals surface area contributed by atoms with Gasteiger partial charge in [-0.15, -0.1) is 0 Å². The van der Waals surface area contributed by atoms with Crippen molar-refractivity contribution in [3.63, 3.8) is 0 Å². The molecule has 6 rings (SSSR count). The summed E-state index contributed by atoms with van der Waals surface area (Å²) in [5, 5.41) is 9.51. The zero-order valence-electron chi connectivity index (χ0n) is 24.0. The number of aryl methyl sites for hydroxylation is 1. The highest BCUT2D eigenvalue weighted by Crippen LogP contribution is 2.32. The van der Waals surface area contributed by atoms with Crippen LogP contribution in [0.4, 0.5) is 22.0 Å². The number of carbonyl (C=O) groups is 2. The van der Waals surface area contributed by atoms with Gasteiger partial charge in [-0.3, -0.25) is 14.6 Å². The molecule has 0 aliphatic heterocycles. The Hall–Kier alpha value is -3.64. The minimum Gasteiger partial charge on any atom is -0.352 e. The first kappa shape index (κ1) is 32.3. The second kappa shape index (κ2) is 14.7. The molecule has 3 aliphatic rings. The van der Waals surface area contributed by atoms with E-state index in [1.165, 1.54) is 30.0 Å². The quantitative estimate of drug-likeness (QED) is 0.309. The fraction of sp³-hybridized carbons (Fsp3) is 0.567. The molecule has 0 bridgehead atoms. The molecule has 3 aromatic rings. The lowest BCUT2D eigenvalue weighted by atomic mass is 9.97. The molecule has 0 aromatic carbocycles. The lowest BCUT2D eigenvalue weighted by Crippen LogP contribution is -2.24. The largest absolute Gasteiger partial charge is 0.389 e. The Balaban J connectivity index is 0.000000321. The van der Waals surface area contributed by atoms with Crippen molar-refractivity contribution in [2.75, 3.05) is 0 Å². The van der Waals surface area contributed by atoms with E-state index in [0.717, 1.165) is 36.9 Å². The second-order valence-corrected chi connectivity index (χ2v) is 11.1. The van der Waals surface area contributed by atoms with Crippen molar-refractivity contribution >= 4 is 17.5 Å². The minimum atomic E-state index is -4.36. The predicted octanol–water partition coefficient (Wildman–Crippen LogP) is 6.26. The van der Waals surface area contributed by atoms with Gasteiger partial charge < -0.3 is 10.6 Å². The zero-order valence-corrected chi connectivity index (χ0v) is 24.0. The number of imidazole rings is 1. The number of pyridine rings is 1. The van der Waals surface area contributed by atoms with E-state index in [1.54, 1.807) is 24.5 Å². The Morgan fingerprint density at radius 2 is 1.67 bits per heavy atom. The van der Waals surface area contributed by atoms with E-state index in [1.807, 2.05) is 0 Å². The summed E-state index contributed by atoms with van der Waals surface area (Å²) in [5.41, 5.74) is 4.32. The van der Waals surface area contributed by atoms with Gasteiger partial charge in [-0.2, -0.15) is 18.3 Å². The van der Waals surface area contributed by atoms with E-state index in [-0.39, 0.29) is 31.8 Å². The molecule has 2 fully saturated rings. The van der Waals surface area contributed by atoms with Crippen LogP contribution in [0.3, 0.4) is 0 Å². The summed E-state index contributed by atoms with van der Waals surface area (Å²) in [4.78, 5) is 32.9. The number of hydrogen-bond acceptors (Lipinski definition) is 5. The van der Waals surface area contributed by atoms with Gasteiger partial charge in [0.25, 0.3) is 5.91 Å². The van der Waals surface area contributed by atoms with Crippen LogP contribution in [0.2, 0.25) is 0 Å². The van der Waals surface area contributed by atoms with Gasteiger partial charge >= 0.3 is 6.18 Å². The van der Waals surface area contributed by atoms with E-state index in [4.69, 9.17) is 0 Å². The van der Waals surface area contributed by atoms with Gasteiger partial charge in [0.15, 0.2) is 5.65 Å². The molecule has 2 N–H and O–H groups in total. The number of amides is 2. The molecule has 0 spiro atoms. The number of nitrogens with one attached hydrogen (secondary N) is 2. The average Bonchev–Trinajstić information content (AvgIpc) is 3.67. The number of fused-ring (bicyclic) bond motifs is 2. The molecule has 0 radical (unpaired) electrons. The number of alkyl halides is 5. The molecule has 3 heterocycles. The van der Waals surface area contributed by atoms with Crippen molar-refractivity contribution in [3.05, 3.63) is 58.8 Å². The van der Waals surface area contributed by atoms with Crippen LogP contribution in [0.15, 0.2) is 30.7 Å². The number of rotatable bonds is 7. The van der Waals surface area contributed by atoms with Crippen molar-refractivity contribution in [3.8, 4) is 0 Å². The van der Waals surface area contributed by atoms with Crippen LogP contribution in [0.5, 0.6) is 0 Å². The maximum absolute atomic E-state index is 12.6. The van der Waals surface area contributed by atoms with E-state index < -0.39 is 30.8 Å². The van der Waals surface area contributed by atoms with Gasteiger partial charge in [-0.1, -0.05) is 25.7 Å². The summed E-state index contributed by atoms with van der Waals surface area (Å²) >= 11 is 0. The monoisotopic (exact) mass is 608 g/mol. The van der Waals surface area contributed by atoms with Crippen LogP contribution in [-0.4, -0.2) is 43.5 Å². The van der Waals surface area contributed by atoms with Crippen molar-refractivity contribution in [2.24, 2.45) is 0 Å². The lowest BCUT2D eigenvalue weighted by Gasteiger charge is -2.20. The Bertz CT molecular complexity index is 1380. The van der Waals surface area contributed by atoms with E-state index in [2.05, 4.69) is 25.7 Å². The molecule has 0 saturated heterocycles. The summed E-state index contributed by atoms with van der Waals surface area (Å²) in [6.45, 7) is 0.259. The predicted molar refractivity (Wildman–Crippen MR) is 149 cm³/mol. The summed E-state index contributed by atoms with van der Waals surface area (Å²) in [6, 6.07) is 3.40. The fourth-order valence-electron chi connectivity index (χ4n) is 4.70. The van der Waals surface area contributed by atoms with Gasteiger partial charge in [-0.25, -0.2) is 18.3 Å². The second-order valence-electron chi connectivity index (χ2n) is 11.1. The number of halogens is 5. The molecule has 13 heteroatoms. The molecule has 3 aliphatic carbocycles. The average molecular weight is 609 g/mol. The standard InChI is InChI=1S/C21H21F3N6O2.C6H10F2.C3H6/c22-21(23,24)6-4-19(31)26-9-13-8-18-29-14(12-30(18)28-10-13)11-27-20(32)16-5-7-25-17-3-1-2-15(16)17;7-6(8)4-2-1-3-5-6;1-2-3-1/h5,7-8,10,12H,1-4,6,9,11H2,(H,26,31)(H,27,32);1-5H2;1-3H2. The van der Waals surface area contributed by atoms with Crippen molar-refractivity contribution < 1.29 is 31.5 Å². The smallest absolute Gasteiger partial charge is 0.352 e. The first-order valence-corrected chi connectivity index (χ1v) is 14.8. The van der Waals surface area contributed by atoms with Gasteiger partial charge in [0, 0.05) is 43.3 Å². The molecule has 3 aromatic heterocycles. The molecule has 2 saturated carbocycles. The third-order valence-electron chi connectivity index (χ3n) is 7.15. The van der Waals surface area contributed by atoms with E-state index in [0.29, 0.717) is 35.3 Å². The first-order valence-electron chi connectivity index (χ1n) is 14.8. The van der Waals surface area contributed by atoms with Gasteiger partial charge in [0.1, 0.15) is 0 Å². The van der Waals surface area contributed by atoms with Crippen LogP contribution in [-0.2, 0) is 30.7 Å². The Kier molecular flexibility index (Phi) is 11.0. The van der Waals surface area contributed by atoms with Gasteiger partial charge in [0.05, 0.1) is 31.1 Å². The van der Waals surface area contributed by atoms with Crippen LogP contribution < -0.4 is 10.6 Å². The third-order valence-corrected chi connectivity index (χ3v) is 7.15. The van der Waals surface area contributed by atoms with Crippen molar-refractivity contribution in [1.82, 2.24) is 30.2 Å². The third kappa shape index (κ3) is 10.9. The highest BCUT2D eigenvalue weighted by atomic mass is 19.4. The van der Waals surface area contributed by atoms with Crippen LogP contribution in [0.1, 0.15) is 104 Å². The Labute approximate surface area is 246 Å². The lowest BCUT2D eigenvalue weighted by molar-refractivity contribution is -0.144. The summed E-state index contributed by atoms with van der Waals surface area (Å²) in [6.07, 6.45) is 8.58. The number of hydrogen-bond donors (Lipinski definition) is 2. The molecule has 234 valence electrons. The number of nitrogens with zero attached hydrogens (tertiary/aromatic N) is 4. The zero-order chi connectivity index (χ0) is 30.9. The van der Waals surface area contributed by atoms with Gasteiger partial charge in [0.2, 0.25) is 11.8 Å². The maximum Gasteiger partial charge on any atom is 0.389 e. The van der Waals surface area contributed by atoms with Crippen molar-refractivity contribution in [1.29, 1.82) is 0 Å². The Morgan fingerprint density at radius 3 is 2.33 bits per heavy atom. The van der Waals surface area contributed by atoms with Crippen LogP contribution >= 0.6 is 0 Å². The summed E-state index contributed by atoms with van der Waals surface area (Å²) < 4.78 is 62.5. The molecule has 0 atom stereocenters. The summed E-state index contributed by atoms with van der Waals surface area (Å²) in [5.74, 6) is -3.19. The molecule has 2 amide bonds. The number of aromatic nitrogens is 4. The maximum atomic E-state index is 12.6. The van der Waals surface area contributed by atoms with Crippen molar-refractivity contribution in [2.45, 2.75) is 109 Å². The SMILES string of the molecule is C1CC1.FC1(F)CCCCC1.O=C(CCC(F)(F)F)NCc1cnn2cc(CNC(=O)c3ccnc4c3CCC4)nc2c1. The van der Waals surface area contributed by atoms with E-state index >= 15 is 0 Å². The van der Waals surface area contributed by atoms with Crippen LogP contribution in [0, 0.1) is 0 Å². The normalized spacial score (nSPS) is 16.7. The van der Waals surface area contributed by atoms with E-state index in [9.17, 15) is 31.5 Å². The molecular formula is C30H37F5N6O2. The number of carbonyl (C=O) groups excluding carboxylic acids is 2. The molecule has 8 nitrogen and oxygen atoms in total. The first-order chi connectivity index (χ1) is 20.5. The highest BCUT2D eigenvalue weighted by molar-refractivity contribution is 5.95. The summed E-state index contributed by atoms with van der Waals surface area (Å²) in [7, 11) is 0. The Morgan fingerprint density at radius 1 is 0.953 bits per heavy atom. The van der Waals surface area contributed by atoms with Crippen LogP contribution in [0.25, 0.3) is 5.65 Å². The molecule has 43 heavy (non-hydrogen) atoms. The minimum absolute atomic E-state index is 0.0479. The van der Waals surface area contributed by atoms with Gasteiger partial charge in [-0.05, 0) is 55.4 Å². The highest BCUT2D eigenvalue weighted by Gasteiger charge is 2.30. The molecule has 0 unspecified atom stereocenters.